The van der Waals surface area contributed by atoms with Gasteiger partial charge in [0.15, 0.2) is 0 Å². The lowest BCUT2D eigenvalue weighted by atomic mass is 10.0. The Balaban J connectivity index is 2.98. The molecule has 0 heterocycles. The first-order valence-electron chi connectivity index (χ1n) is 5.04. The molecule has 0 fully saturated rings. The number of benzene rings is 1. The minimum atomic E-state index is -1.22. The average molecular weight is 347 g/mol. The quantitative estimate of drug-likeness (QED) is 0.854. The van der Waals surface area contributed by atoms with E-state index in [4.69, 9.17) is 5.11 Å². The van der Waals surface area contributed by atoms with E-state index in [9.17, 15) is 9.59 Å². The molecule has 17 heavy (non-hydrogen) atoms. The molecule has 0 unspecified atom stereocenters. The van der Waals surface area contributed by atoms with Gasteiger partial charge in [-0.25, -0.2) is 4.79 Å². The number of aliphatic carboxylic acids is 1. The van der Waals surface area contributed by atoms with Crippen LogP contribution in [0, 0.1) is 3.57 Å². The van der Waals surface area contributed by atoms with E-state index in [1.165, 1.54) is 25.8 Å². The molecule has 0 aliphatic rings. The van der Waals surface area contributed by atoms with E-state index >= 15 is 0 Å². The molecule has 1 N–H and O–H groups in total. The van der Waals surface area contributed by atoms with Crippen LogP contribution in [0.5, 0.6) is 0 Å². The summed E-state index contributed by atoms with van der Waals surface area (Å²) in [4.78, 5) is 24.4. The summed E-state index contributed by atoms with van der Waals surface area (Å²) in [5, 5.41) is 9.06. The zero-order valence-electron chi connectivity index (χ0n) is 9.90. The molecule has 0 spiro atoms. The molecule has 1 amide bonds. The zero-order valence-corrected chi connectivity index (χ0v) is 12.1. The summed E-state index contributed by atoms with van der Waals surface area (Å²) in [5.74, 6) is -1.33. The second-order valence-electron chi connectivity index (χ2n) is 4.24. The van der Waals surface area contributed by atoms with Gasteiger partial charge in [-0.2, -0.15) is 0 Å². The Bertz CT molecular complexity index is 440. The number of likely N-dealkylation sites (N-methyl/N-ethyl adjacent to an activating group) is 1. The summed E-state index contributed by atoms with van der Waals surface area (Å²) < 4.78 is 1.03. The molecule has 0 aliphatic heterocycles. The number of carboxylic acid groups (broad SMARTS) is 1. The number of carboxylic acids is 1. The zero-order chi connectivity index (χ0) is 13.2. The highest BCUT2D eigenvalue weighted by Gasteiger charge is 2.35. The Morgan fingerprint density at radius 2 is 1.71 bits per heavy atom. The Kier molecular flexibility index (Phi) is 4.13. The van der Waals surface area contributed by atoms with Gasteiger partial charge in [0.2, 0.25) is 0 Å². The maximum Gasteiger partial charge on any atom is 0.329 e. The van der Waals surface area contributed by atoms with Gasteiger partial charge in [-0.05, 0) is 60.7 Å². The van der Waals surface area contributed by atoms with Crippen LogP contribution in [0.4, 0.5) is 0 Å². The topological polar surface area (TPSA) is 57.6 Å². The Labute approximate surface area is 114 Å². The number of amides is 1. The van der Waals surface area contributed by atoms with E-state index in [2.05, 4.69) is 22.6 Å². The fourth-order valence-electron chi connectivity index (χ4n) is 1.18. The molecule has 0 saturated carbocycles. The third-order valence-electron chi connectivity index (χ3n) is 2.76. The number of rotatable bonds is 3. The van der Waals surface area contributed by atoms with Gasteiger partial charge in [0.05, 0.1) is 0 Å². The molecule has 0 aromatic heterocycles. The monoisotopic (exact) mass is 347 g/mol. The third kappa shape index (κ3) is 2.96. The van der Waals surface area contributed by atoms with Gasteiger partial charge in [-0.15, -0.1) is 0 Å². The van der Waals surface area contributed by atoms with Gasteiger partial charge in [0.1, 0.15) is 5.54 Å². The van der Waals surface area contributed by atoms with Gasteiger partial charge >= 0.3 is 5.97 Å². The van der Waals surface area contributed by atoms with Crippen LogP contribution in [-0.4, -0.2) is 34.5 Å². The van der Waals surface area contributed by atoms with Gasteiger partial charge in [-0.1, -0.05) is 0 Å². The third-order valence-corrected chi connectivity index (χ3v) is 3.48. The van der Waals surface area contributed by atoms with E-state index in [1.54, 1.807) is 12.1 Å². The maximum atomic E-state index is 12.1. The molecule has 5 heteroatoms. The number of hydrogen-bond donors (Lipinski definition) is 1. The second kappa shape index (κ2) is 5.03. The van der Waals surface area contributed by atoms with Crippen LogP contribution in [0.1, 0.15) is 24.2 Å². The highest BCUT2D eigenvalue weighted by molar-refractivity contribution is 14.1. The molecule has 0 aliphatic carbocycles. The molecule has 0 saturated heterocycles. The minimum Gasteiger partial charge on any atom is -0.480 e. The molecular formula is C12H14INO3. The molecule has 1 aromatic carbocycles. The van der Waals surface area contributed by atoms with Gasteiger partial charge in [0.25, 0.3) is 5.91 Å². The van der Waals surface area contributed by atoms with Crippen LogP contribution >= 0.6 is 22.6 Å². The van der Waals surface area contributed by atoms with E-state index in [0.717, 1.165) is 3.57 Å². The minimum absolute atomic E-state index is 0.297. The molecule has 0 bridgehead atoms. The lowest BCUT2D eigenvalue weighted by molar-refractivity contribution is -0.147. The lowest BCUT2D eigenvalue weighted by Crippen LogP contribution is -2.50. The molecular weight excluding hydrogens is 333 g/mol. The van der Waals surface area contributed by atoms with Crippen molar-refractivity contribution < 1.29 is 14.7 Å². The van der Waals surface area contributed by atoms with Crippen molar-refractivity contribution in [3.8, 4) is 0 Å². The van der Waals surface area contributed by atoms with Crippen molar-refractivity contribution in [1.29, 1.82) is 0 Å². The first-order chi connectivity index (χ1) is 7.76. The molecule has 1 rings (SSSR count). The van der Waals surface area contributed by atoms with E-state index < -0.39 is 11.5 Å². The van der Waals surface area contributed by atoms with Crippen molar-refractivity contribution in [1.82, 2.24) is 4.90 Å². The smallest absolute Gasteiger partial charge is 0.329 e. The standard InChI is InChI=1S/C12H14INO3/c1-12(2,11(16)17)14(3)10(15)8-4-6-9(13)7-5-8/h4-7H,1-3H3,(H,16,17). The van der Waals surface area contributed by atoms with Crippen LogP contribution in [0.15, 0.2) is 24.3 Å². The second-order valence-corrected chi connectivity index (χ2v) is 5.48. The van der Waals surface area contributed by atoms with Crippen molar-refractivity contribution in [2.24, 2.45) is 0 Å². The maximum absolute atomic E-state index is 12.1. The molecule has 0 radical (unpaired) electrons. The van der Waals surface area contributed by atoms with Gasteiger partial charge < -0.3 is 10.0 Å². The number of halogens is 1. The van der Waals surface area contributed by atoms with E-state index in [0.29, 0.717) is 5.56 Å². The lowest BCUT2D eigenvalue weighted by Gasteiger charge is -2.31. The van der Waals surface area contributed by atoms with Crippen molar-refractivity contribution in [3.05, 3.63) is 33.4 Å². The van der Waals surface area contributed by atoms with Crippen LogP contribution in [0.2, 0.25) is 0 Å². The SMILES string of the molecule is CN(C(=O)c1ccc(I)cc1)C(C)(C)C(=O)O. The summed E-state index contributed by atoms with van der Waals surface area (Å²) in [6.45, 7) is 3.00. The van der Waals surface area contributed by atoms with Crippen LogP contribution in [-0.2, 0) is 4.79 Å². The van der Waals surface area contributed by atoms with E-state index in [-0.39, 0.29) is 5.91 Å². The van der Waals surface area contributed by atoms with Crippen molar-refractivity contribution >= 4 is 34.5 Å². The first-order valence-corrected chi connectivity index (χ1v) is 6.12. The summed E-state index contributed by atoms with van der Waals surface area (Å²) >= 11 is 2.15. The first kappa shape index (κ1) is 14.0. The van der Waals surface area contributed by atoms with Crippen LogP contribution in [0.25, 0.3) is 0 Å². The van der Waals surface area contributed by atoms with E-state index in [1.807, 2.05) is 12.1 Å². The Morgan fingerprint density at radius 1 is 1.24 bits per heavy atom. The average Bonchev–Trinajstić information content (AvgIpc) is 2.27. The summed E-state index contributed by atoms with van der Waals surface area (Å²) in [5.41, 5.74) is -0.734. The number of hydrogen-bond acceptors (Lipinski definition) is 2. The highest BCUT2D eigenvalue weighted by Crippen LogP contribution is 2.17. The van der Waals surface area contributed by atoms with Crippen molar-refractivity contribution in [2.75, 3.05) is 7.05 Å². The summed E-state index contributed by atoms with van der Waals surface area (Å²) in [6.07, 6.45) is 0. The molecule has 4 nitrogen and oxygen atoms in total. The number of carbonyl (C=O) groups is 2. The summed E-state index contributed by atoms with van der Waals surface area (Å²) in [6, 6.07) is 7.02. The molecule has 92 valence electrons. The largest absolute Gasteiger partial charge is 0.480 e. The number of carbonyl (C=O) groups excluding carboxylic acids is 1. The fourth-order valence-corrected chi connectivity index (χ4v) is 1.54. The van der Waals surface area contributed by atoms with Crippen LogP contribution in [0.3, 0.4) is 0 Å². The predicted octanol–water partition coefficient (Wildman–Crippen LogP) is 2.23. The summed E-state index contributed by atoms with van der Waals surface area (Å²) in [7, 11) is 1.49. The van der Waals surface area contributed by atoms with Crippen LogP contribution < -0.4 is 0 Å². The fraction of sp³-hybridized carbons (Fsp3) is 0.333. The van der Waals surface area contributed by atoms with Gasteiger partial charge in [-0.3, -0.25) is 4.79 Å². The predicted molar refractivity (Wildman–Crippen MR) is 73.0 cm³/mol. The van der Waals surface area contributed by atoms with Gasteiger partial charge in [0, 0.05) is 16.2 Å². The highest BCUT2D eigenvalue weighted by atomic mass is 127. The molecule has 0 atom stereocenters. The van der Waals surface area contributed by atoms with Crippen molar-refractivity contribution in [3.63, 3.8) is 0 Å². The normalized spacial score (nSPS) is 11.1. The molecule has 1 aromatic rings. The number of nitrogens with zero attached hydrogens (tertiary/aromatic N) is 1. The Morgan fingerprint density at radius 3 is 2.12 bits per heavy atom. The van der Waals surface area contributed by atoms with Crippen molar-refractivity contribution in [2.45, 2.75) is 19.4 Å². The Hall–Kier alpha value is -1.11.